The van der Waals surface area contributed by atoms with Gasteiger partial charge in [0, 0.05) is 0 Å². The van der Waals surface area contributed by atoms with Crippen LogP contribution in [0.5, 0.6) is 0 Å². The van der Waals surface area contributed by atoms with Crippen LogP contribution in [0.15, 0.2) is 0 Å². The van der Waals surface area contributed by atoms with Crippen molar-refractivity contribution in [3.8, 4) is 0 Å². The molecule has 7 nitrogen and oxygen atoms in total. The Balaban J connectivity index is 4.75. The van der Waals surface area contributed by atoms with Crippen LogP contribution in [-0.2, 0) is 28.6 Å². The highest BCUT2D eigenvalue weighted by Gasteiger charge is 2.35. The van der Waals surface area contributed by atoms with E-state index < -0.39 is 35.8 Å². The zero-order valence-corrected chi connectivity index (χ0v) is 18.6. The monoisotopic (exact) mass is 416 g/mol. The zero-order valence-electron chi connectivity index (χ0n) is 18.6. The first-order valence-electron chi connectivity index (χ1n) is 11.0. The minimum atomic E-state index is -0.967. The number of carbonyl (C=O) groups is 3. The van der Waals surface area contributed by atoms with Gasteiger partial charge in [0.25, 0.3) is 0 Å². The highest BCUT2D eigenvalue weighted by molar-refractivity contribution is 5.85. The summed E-state index contributed by atoms with van der Waals surface area (Å²) >= 11 is 0. The Morgan fingerprint density at radius 3 is 1.76 bits per heavy atom. The van der Waals surface area contributed by atoms with Crippen molar-refractivity contribution in [2.75, 3.05) is 19.8 Å². The van der Waals surface area contributed by atoms with E-state index in [0.717, 1.165) is 51.4 Å². The Hall–Kier alpha value is -1.63. The maximum atomic E-state index is 12.5. The SMILES string of the molecule is CCCCCCOC(=O)C(C)C(CC(=O)OCC(C)O)C(=O)OCCCCCC. The second-order valence-electron chi connectivity index (χ2n) is 7.59. The fraction of sp³-hybridized carbons (Fsp3) is 0.864. The van der Waals surface area contributed by atoms with E-state index >= 15 is 0 Å². The smallest absolute Gasteiger partial charge is 0.310 e. The van der Waals surface area contributed by atoms with Crippen LogP contribution in [0.2, 0.25) is 0 Å². The molecule has 7 heteroatoms. The Morgan fingerprint density at radius 1 is 0.759 bits per heavy atom. The van der Waals surface area contributed by atoms with Crippen molar-refractivity contribution in [2.45, 2.75) is 91.6 Å². The molecule has 0 fully saturated rings. The fourth-order valence-corrected chi connectivity index (χ4v) is 2.72. The molecular weight excluding hydrogens is 376 g/mol. The maximum absolute atomic E-state index is 12.5. The third-order valence-electron chi connectivity index (χ3n) is 4.63. The van der Waals surface area contributed by atoms with Crippen molar-refractivity contribution in [1.82, 2.24) is 0 Å². The molecule has 0 heterocycles. The van der Waals surface area contributed by atoms with Gasteiger partial charge in [-0.3, -0.25) is 14.4 Å². The van der Waals surface area contributed by atoms with Gasteiger partial charge in [-0.15, -0.1) is 0 Å². The Labute approximate surface area is 175 Å². The summed E-state index contributed by atoms with van der Waals surface area (Å²) < 4.78 is 15.5. The number of unbranched alkanes of at least 4 members (excludes halogenated alkanes) is 6. The van der Waals surface area contributed by atoms with Crippen LogP contribution in [0.25, 0.3) is 0 Å². The lowest BCUT2D eigenvalue weighted by molar-refractivity contribution is -0.164. The predicted molar refractivity (Wildman–Crippen MR) is 110 cm³/mol. The lowest BCUT2D eigenvalue weighted by atomic mass is 9.91. The molecule has 0 aromatic rings. The van der Waals surface area contributed by atoms with Crippen molar-refractivity contribution in [3.05, 3.63) is 0 Å². The first-order chi connectivity index (χ1) is 13.8. The Morgan fingerprint density at radius 2 is 1.28 bits per heavy atom. The molecule has 0 aromatic heterocycles. The molecular formula is C22H40O7. The molecule has 0 saturated heterocycles. The highest BCUT2D eigenvalue weighted by Crippen LogP contribution is 2.21. The van der Waals surface area contributed by atoms with Gasteiger partial charge in [0.15, 0.2) is 0 Å². The Bertz CT molecular complexity index is 462. The summed E-state index contributed by atoms with van der Waals surface area (Å²) in [5.74, 6) is -3.54. The van der Waals surface area contributed by atoms with Gasteiger partial charge >= 0.3 is 17.9 Å². The van der Waals surface area contributed by atoms with Gasteiger partial charge in [-0.05, 0) is 19.8 Å². The molecule has 0 aliphatic carbocycles. The van der Waals surface area contributed by atoms with Crippen LogP contribution in [0.4, 0.5) is 0 Å². The minimum Gasteiger partial charge on any atom is -0.465 e. The van der Waals surface area contributed by atoms with Crippen molar-refractivity contribution in [3.63, 3.8) is 0 Å². The van der Waals surface area contributed by atoms with Gasteiger partial charge in [0.05, 0.1) is 37.6 Å². The molecule has 0 spiro atoms. The van der Waals surface area contributed by atoms with Gasteiger partial charge in [-0.2, -0.15) is 0 Å². The zero-order chi connectivity index (χ0) is 22.1. The number of ether oxygens (including phenoxy) is 3. The molecule has 0 aromatic carbocycles. The third-order valence-corrected chi connectivity index (χ3v) is 4.63. The van der Waals surface area contributed by atoms with E-state index in [9.17, 15) is 19.5 Å². The van der Waals surface area contributed by atoms with Gasteiger partial charge < -0.3 is 19.3 Å². The van der Waals surface area contributed by atoms with Crippen LogP contribution in [0.1, 0.15) is 85.5 Å². The molecule has 29 heavy (non-hydrogen) atoms. The largest absolute Gasteiger partial charge is 0.465 e. The second kappa shape index (κ2) is 17.2. The lowest BCUT2D eigenvalue weighted by Gasteiger charge is -2.21. The van der Waals surface area contributed by atoms with Gasteiger partial charge in [0.2, 0.25) is 0 Å². The van der Waals surface area contributed by atoms with Crippen LogP contribution >= 0.6 is 0 Å². The van der Waals surface area contributed by atoms with Gasteiger partial charge in [-0.25, -0.2) is 0 Å². The van der Waals surface area contributed by atoms with E-state index in [2.05, 4.69) is 13.8 Å². The van der Waals surface area contributed by atoms with Crippen molar-refractivity contribution >= 4 is 17.9 Å². The molecule has 1 N–H and O–H groups in total. The molecule has 0 amide bonds. The molecule has 3 atom stereocenters. The van der Waals surface area contributed by atoms with Crippen LogP contribution < -0.4 is 0 Å². The summed E-state index contributed by atoms with van der Waals surface area (Å²) in [4.78, 5) is 36.9. The summed E-state index contributed by atoms with van der Waals surface area (Å²) in [6, 6.07) is 0. The molecule has 0 saturated carbocycles. The van der Waals surface area contributed by atoms with Crippen LogP contribution in [0.3, 0.4) is 0 Å². The number of aliphatic hydroxyl groups excluding tert-OH is 1. The molecule has 0 rings (SSSR count). The molecule has 3 unspecified atom stereocenters. The highest BCUT2D eigenvalue weighted by atomic mass is 16.5. The topological polar surface area (TPSA) is 99.1 Å². The average Bonchev–Trinajstić information content (AvgIpc) is 2.69. The number of hydrogen-bond acceptors (Lipinski definition) is 7. The quantitative estimate of drug-likeness (QED) is 0.219. The summed E-state index contributed by atoms with van der Waals surface area (Å²) in [6.07, 6.45) is 6.68. The van der Waals surface area contributed by atoms with Gasteiger partial charge in [-0.1, -0.05) is 59.3 Å². The van der Waals surface area contributed by atoms with Crippen molar-refractivity contribution in [1.29, 1.82) is 0 Å². The van der Waals surface area contributed by atoms with E-state index in [-0.39, 0.29) is 19.6 Å². The number of carbonyl (C=O) groups excluding carboxylic acids is 3. The molecule has 0 radical (unpaired) electrons. The first-order valence-corrected chi connectivity index (χ1v) is 11.0. The summed E-state index contributed by atoms with van der Waals surface area (Å²) in [6.45, 7) is 7.66. The molecule has 0 aliphatic heterocycles. The van der Waals surface area contributed by atoms with Gasteiger partial charge in [0.1, 0.15) is 6.61 Å². The summed E-state index contributed by atoms with van der Waals surface area (Å²) in [5.41, 5.74) is 0. The molecule has 0 aliphatic rings. The second-order valence-corrected chi connectivity index (χ2v) is 7.59. The number of aliphatic hydroxyl groups is 1. The third kappa shape index (κ3) is 14.1. The normalized spacial score (nSPS) is 14.0. The van der Waals surface area contributed by atoms with Crippen LogP contribution in [0, 0.1) is 11.8 Å². The first kappa shape index (κ1) is 27.4. The van der Waals surface area contributed by atoms with Crippen molar-refractivity contribution in [2.24, 2.45) is 11.8 Å². The van der Waals surface area contributed by atoms with E-state index in [4.69, 9.17) is 14.2 Å². The van der Waals surface area contributed by atoms with Crippen molar-refractivity contribution < 1.29 is 33.7 Å². The average molecular weight is 417 g/mol. The number of hydrogen-bond donors (Lipinski definition) is 1. The fourth-order valence-electron chi connectivity index (χ4n) is 2.72. The lowest BCUT2D eigenvalue weighted by Crippen LogP contribution is -2.33. The van der Waals surface area contributed by atoms with E-state index in [1.54, 1.807) is 6.92 Å². The summed E-state index contributed by atoms with van der Waals surface area (Å²) in [5, 5.41) is 9.24. The minimum absolute atomic E-state index is 0.159. The predicted octanol–water partition coefficient (Wildman–Crippen LogP) is 3.80. The summed E-state index contributed by atoms with van der Waals surface area (Å²) in [7, 11) is 0. The van der Waals surface area contributed by atoms with E-state index in [0.29, 0.717) is 6.61 Å². The molecule has 0 bridgehead atoms. The van der Waals surface area contributed by atoms with E-state index in [1.165, 1.54) is 6.92 Å². The standard InChI is InChI=1S/C22H40O7/c1-5-7-9-11-13-27-21(25)18(4)19(15-20(24)29-16-17(3)23)22(26)28-14-12-10-8-6-2/h17-19,23H,5-16H2,1-4H3. The molecule has 170 valence electrons. The Kier molecular flexibility index (Phi) is 16.3. The number of rotatable bonds is 17. The number of esters is 3. The maximum Gasteiger partial charge on any atom is 0.310 e. The van der Waals surface area contributed by atoms with Crippen LogP contribution in [-0.4, -0.2) is 48.9 Å². The van der Waals surface area contributed by atoms with E-state index in [1.807, 2.05) is 0 Å².